The van der Waals surface area contributed by atoms with Gasteiger partial charge in [0.15, 0.2) is 11.5 Å². The molecule has 1 aromatic carbocycles. The molecule has 0 bridgehead atoms. The lowest BCUT2D eigenvalue weighted by Gasteiger charge is -2.38. The molecule has 0 amide bonds. The minimum atomic E-state index is 0.665. The smallest absolute Gasteiger partial charge is 0.163 e. The third-order valence-corrected chi connectivity index (χ3v) is 4.58. The molecule has 1 N–H and O–H groups in total. The van der Waals surface area contributed by atoms with E-state index in [9.17, 15) is 0 Å². The summed E-state index contributed by atoms with van der Waals surface area (Å²) in [5.74, 6) is 3.38. The zero-order valence-corrected chi connectivity index (χ0v) is 10.6. The van der Waals surface area contributed by atoms with Crippen LogP contribution >= 0.6 is 0 Å². The molecule has 3 nitrogen and oxygen atoms in total. The molecule has 0 saturated heterocycles. The number of ether oxygens (including phenoxy) is 2. The van der Waals surface area contributed by atoms with E-state index in [0.29, 0.717) is 13.2 Å². The van der Waals surface area contributed by atoms with Crippen LogP contribution in [0.2, 0.25) is 0 Å². The minimum absolute atomic E-state index is 0.665. The second-order valence-corrected chi connectivity index (χ2v) is 5.62. The highest BCUT2D eigenvalue weighted by Crippen LogP contribution is 2.47. The summed E-state index contributed by atoms with van der Waals surface area (Å²) in [6.45, 7) is 2.46. The molecular weight excluding hydrogens is 226 g/mol. The van der Waals surface area contributed by atoms with Crippen LogP contribution in [0.3, 0.4) is 0 Å². The van der Waals surface area contributed by atoms with E-state index in [4.69, 9.17) is 9.47 Å². The van der Waals surface area contributed by atoms with Crippen LogP contribution in [0, 0.1) is 5.92 Å². The molecule has 3 aliphatic rings. The van der Waals surface area contributed by atoms with Crippen LogP contribution in [0.15, 0.2) is 12.1 Å². The zero-order chi connectivity index (χ0) is 11.9. The molecular formula is C15H19NO2. The molecule has 1 saturated carbocycles. The number of anilines is 1. The highest BCUT2D eigenvalue weighted by Gasteiger charge is 2.33. The Morgan fingerprint density at radius 1 is 1.00 bits per heavy atom. The molecule has 96 valence electrons. The highest BCUT2D eigenvalue weighted by molar-refractivity contribution is 5.63. The molecule has 0 aromatic heterocycles. The van der Waals surface area contributed by atoms with Gasteiger partial charge in [-0.3, -0.25) is 0 Å². The van der Waals surface area contributed by atoms with Crippen molar-refractivity contribution in [2.75, 3.05) is 25.1 Å². The topological polar surface area (TPSA) is 30.5 Å². The van der Waals surface area contributed by atoms with E-state index in [2.05, 4.69) is 17.4 Å². The molecule has 1 fully saturated rings. The number of nitrogens with one attached hydrogen (secondary N) is 1. The van der Waals surface area contributed by atoms with E-state index in [-0.39, 0.29) is 0 Å². The average molecular weight is 245 g/mol. The Hall–Kier alpha value is -1.38. The van der Waals surface area contributed by atoms with Crippen molar-refractivity contribution in [2.45, 2.75) is 31.6 Å². The molecule has 2 aliphatic heterocycles. The molecule has 18 heavy (non-hydrogen) atoms. The molecule has 1 aliphatic carbocycles. The summed E-state index contributed by atoms with van der Waals surface area (Å²) < 4.78 is 11.4. The van der Waals surface area contributed by atoms with Crippen LogP contribution in [0.25, 0.3) is 0 Å². The van der Waals surface area contributed by atoms with Gasteiger partial charge in [-0.05, 0) is 36.3 Å². The van der Waals surface area contributed by atoms with Crippen molar-refractivity contribution in [3.8, 4) is 11.5 Å². The van der Waals surface area contributed by atoms with Crippen molar-refractivity contribution < 1.29 is 9.47 Å². The van der Waals surface area contributed by atoms with Crippen LogP contribution in [-0.2, 0) is 0 Å². The number of hydrogen-bond donors (Lipinski definition) is 1. The SMILES string of the molecule is c1c2c(cc3c1OCCO3)C1CCCCC1CN2. The Bertz CT molecular complexity index is 472. The van der Waals surface area contributed by atoms with Crippen LogP contribution < -0.4 is 14.8 Å². The van der Waals surface area contributed by atoms with Crippen LogP contribution in [-0.4, -0.2) is 19.8 Å². The lowest BCUT2D eigenvalue weighted by molar-refractivity contribution is 0.171. The van der Waals surface area contributed by atoms with Crippen molar-refractivity contribution in [1.29, 1.82) is 0 Å². The van der Waals surface area contributed by atoms with Gasteiger partial charge in [0.2, 0.25) is 0 Å². The first kappa shape index (κ1) is 10.5. The van der Waals surface area contributed by atoms with E-state index in [0.717, 1.165) is 29.9 Å². The molecule has 1 aromatic rings. The summed E-state index contributed by atoms with van der Waals surface area (Å²) in [5, 5.41) is 3.58. The Morgan fingerprint density at radius 2 is 1.78 bits per heavy atom. The van der Waals surface area contributed by atoms with E-state index in [1.807, 2.05) is 0 Å². The predicted molar refractivity (Wildman–Crippen MR) is 70.6 cm³/mol. The summed E-state index contributed by atoms with van der Waals surface area (Å²) in [5.41, 5.74) is 2.72. The van der Waals surface area contributed by atoms with Gasteiger partial charge in [0.1, 0.15) is 13.2 Å². The maximum atomic E-state index is 5.72. The lowest BCUT2D eigenvalue weighted by atomic mass is 9.73. The van der Waals surface area contributed by atoms with Gasteiger partial charge in [0.05, 0.1) is 0 Å². The summed E-state index contributed by atoms with van der Waals surface area (Å²) >= 11 is 0. The molecule has 4 rings (SSSR count). The fraction of sp³-hybridized carbons (Fsp3) is 0.600. The van der Waals surface area contributed by atoms with Crippen LogP contribution in [0.1, 0.15) is 37.2 Å². The maximum absolute atomic E-state index is 5.72. The monoisotopic (exact) mass is 245 g/mol. The van der Waals surface area contributed by atoms with Crippen LogP contribution in [0.5, 0.6) is 11.5 Å². The first-order chi connectivity index (χ1) is 8.92. The molecule has 3 heteroatoms. The zero-order valence-electron chi connectivity index (χ0n) is 10.6. The largest absolute Gasteiger partial charge is 0.486 e. The molecule has 0 radical (unpaired) electrons. The van der Waals surface area contributed by atoms with E-state index in [1.165, 1.54) is 36.9 Å². The van der Waals surface area contributed by atoms with Gasteiger partial charge in [0, 0.05) is 18.3 Å². The first-order valence-corrected chi connectivity index (χ1v) is 7.09. The first-order valence-electron chi connectivity index (χ1n) is 7.09. The van der Waals surface area contributed by atoms with E-state index < -0.39 is 0 Å². The fourth-order valence-corrected chi connectivity index (χ4v) is 3.67. The molecule has 2 unspecified atom stereocenters. The van der Waals surface area contributed by atoms with Gasteiger partial charge >= 0.3 is 0 Å². The quantitative estimate of drug-likeness (QED) is 0.761. The molecule has 0 spiro atoms. The third-order valence-electron chi connectivity index (χ3n) is 4.58. The van der Waals surface area contributed by atoms with Gasteiger partial charge in [-0.1, -0.05) is 12.8 Å². The Labute approximate surface area is 107 Å². The molecule has 2 heterocycles. The van der Waals surface area contributed by atoms with Crippen molar-refractivity contribution >= 4 is 5.69 Å². The average Bonchev–Trinajstić information content (AvgIpc) is 2.45. The van der Waals surface area contributed by atoms with Gasteiger partial charge < -0.3 is 14.8 Å². The summed E-state index contributed by atoms with van der Waals surface area (Å²) in [6, 6.07) is 4.35. The Morgan fingerprint density at radius 3 is 2.67 bits per heavy atom. The summed E-state index contributed by atoms with van der Waals surface area (Å²) in [7, 11) is 0. The van der Waals surface area contributed by atoms with Gasteiger partial charge in [0.25, 0.3) is 0 Å². The maximum Gasteiger partial charge on any atom is 0.163 e. The van der Waals surface area contributed by atoms with E-state index >= 15 is 0 Å². The number of rotatable bonds is 0. The summed E-state index contributed by atoms with van der Waals surface area (Å²) in [4.78, 5) is 0. The second kappa shape index (κ2) is 4.08. The number of fused-ring (bicyclic) bond motifs is 4. The van der Waals surface area contributed by atoms with Gasteiger partial charge in [-0.25, -0.2) is 0 Å². The van der Waals surface area contributed by atoms with E-state index in [1.54, 1.807) is 0 Å². The molecule has 2 atom stereocenters. The van der Waals surface area contributed by atoms with Crippen molar-refractivity contribution in [3.05, 3.63) is 17.7 Å². The number of hydrogen-bond acceptors (Lipinski definition) is 3. The van der Waals surface area contributed by atoms with Crippen molar-refractivity contribution in [3.63, 3.8) is 0 Å². The normalized spacial score (nSPS) is 28.9. The van der Waals surface area contributed by atoms with Gasteiger partial charge in [-0.15, -0.1) is 0 Å². The van der Waals surface area contributed by atoms with Crippen LogP contribution in [0.4, 0.5) is 5.69 Å². The Balaban J connectivity index is 1.77. The summed E-state index contributed by atoms with van der Waals surface area (Å²) in [6.07, 6.45) is 5.46. The standard InChI is InChI=1S/C15H19NO2/c1-2-4-11-10(3-1)9-16-13-8-15-14(7-12(11)13)17-5-6-18-15/h7-8,10-11,16H,1-6,9H2. The fourth-order valence-electron chi connectivity index (χ4n) is 3.67. The lowest BCUT2D eigenvalue weighted by Crippen LogP contribution is -2.30. The predicted octanol–water partition coefficient (Wildman–Crippen LogP) is 3.16. The van der Waals surface area contributed by atoms with Crippen molar-refractivity contribution in [2.24, 2.45) is 5.92 Å². The Kier molecular flexibility index (Phi) is 2.39. The van der Waals surface area contributed by atoms with Crippen molar-refractivity contribution in [1.82, 2.24) is 0 Å². The minimum Gasteiger partial charge on any atom is -0.486 e. The van der Waals surface area contributed by atoms with Gasteiger partial charge in [-0.2, -0.15) is 0 Å². The number of benzene rings is 1. The highest BCUT2D eigenvalue weighted by atomic mass is 16.6. The second-order valence-electron chi connectivity index (χ2n) is 5.62. The third kappa shape index (κ3) is 1.57.